The van der Waals surface area contributed by atoms with Crippen molar-refractivity contribution in [1.29, 1.82) is 0 Å². The maximum absolute atomic E-state index is 12.3. The highest BCUT2D eigenvalue weighted by Crippen LogP contribution is 2.37. The van der Waals surface area contributed by atoms with Gasteiger partial charge in [0.05, 0.1) is 24.7 Å². The normalized spacial score (nSPS) is 20.1. The standard InChI is InChI=1S/C18H21N3O4/c1-12-3-5-14(6-4-12)25-8-7-21-16(22)9-15(18(23)24)17(21)13-10-19-20(2)11-13/h3-6,10-11,15,17H,7-9H2,1-2H3,(H,23,24)/t15-,17-/m1/s1. The fourth-order valence-electron chi connectivity index (χ4n) is 3.18. The van der Waals surface area contributed by atoms with Gasteiger partial charge in [0.1, 0.15) is 12.4 Å². The van der Waals surface area contributed by atoms with Crippen LogP contribution in [0.15, 0.2) is 36.7 Å². The number of aliphatic carboxylic acids is 1. The van der Waals surface area contributed by atoms with Gasteiger partial charge in [0.25, 0.3) is 0 Å². The Kier molecular flexibility index (Phi) is 4.74. The summed E-state index contributed by atoms with van der Waals surface area (Å²) in [6.07, 6.45) is 3.37. The van der Waals surface area contributed by atoms with Gasteiger partial charge in [0.2, 0.25) is 5.91 Å². The molecule has 1 aromatic carbocycles. The molecule has 7 heteroatoms. The Balaban J connectivity index is 1.72. The van der Waals surface area contributed by atoms with Crippen LogP contribution in [0.4, 0.5) is 0 Å². The van der Waals surface area contributed by atoms with Gasteiger partial charge in [-0.2, -0.15) is 5.10 Å². The number of carboxylic acids is 1. The van der Waals surface area contributed by atoms with E-state index in [-0.39, 0.29) is 12.3 Å². The molecule has 132 valence electrons. The van der Waals surface area contributed by atoms with Crippen molar-refractivity contribution in [2.45, 2.75) is 19.4 Å². The molecule has 1 fully saturated rings. The van der Waals surface area contributed by atoms with E-state index in [2.05, 4.69) is 5.10 Å². The largest absolute Gasteiger partial charge is 0.492 e. The van der Waals surface area contributed by atoms with Crippen LogP contribution in [0.25, 0.3) is 0 Å². The fraction of sp³-hybridized carbons (Fsp3) is 0.389. The lowest BCUT2D eigenvalue weighted by atomic mass is 9.96. The number of hydrogen-bond donors (Lipinski definition) is 1. The molecule has 1 N–H and O–H groups in total. The summed E-state index contributed by atoms with van der Waals surface area (Å²) in [5, 5.41) is 13.6. The van der Waals surface area contributed by atoms with Crippen LogP contribution in [0.3, 0.4) is 0 Å². The van der Waals surface area contributed by atoms with Crippen LogP contribution in [0.5, 0.6) is 5.75 Å². The number of ether oxygens (including phenoxy) is 1. The molecule has 2 aromatic rings. The molecular formula is C18H21N3O4. The van der Waals surface area contributed by atoms with E-state index in [9.17, 15) is 14.7 Å². The molecule has 0 bridgehead atoms. The van der Waals surface area contributed by atoms with Crippen molar-refractivity contribution in [3.8, 4) is 5.75 Å². The zero-order valence-electron chi connectivity index (χ0n) is 14.3. The molecule has 0 aliphatic carbocycles. The lowest BCUT2D eigenvalue weighted by molar-refractivity contribution is -0.142. The number of rotatable bonds is 6. The molecule has 0 radical (unpaired) electrons. The molecule has 1 aliphatic rings. The van der Waals surface area contributed by atoms with E-state index < -0.39 is 17.9 Å². The quantitative estimate of drug-likeness (QED) is 0.864. The first-order chi connectivity index (χ1) is 12.0. The zero-order valence-corrected chi connectivity index (χ0v) is 14.3. The number of carboxylic acid groups (broad SMARTS) is 1. The summed E-state index contributed by atoms with van der Waals surface area (Å²) in [4.78, 5) is 25.5. The van der Waals surface area contributed by atoms with Crippen molar-refractivity contribution < 1.29 is 19.4 Å². The molecular weight excluding hydrogens is 322 g/mol. The van der Waals surface area contributed by atoms with E-state index in [4.69, 9.17) is 4.74 Å². The van der Waals surface area contributed by atoms with Gasteiger partial charge >= 0.3 is 5.97 Å². The van der Waals surface area contributed by atoms with E-state index in [1.807, 2.05) is 31.2 Å². The van der Waals surface area contributed by atoms with Gasteiger partial charge in [-0.25, -0.2) is 0 Å². The molecule has 2 atom stereocenters. The highest BCUT2D eigenvalue weighted by molar-refractivity contribution is 5.87. The van der Waals surface area contributed by atoms with Gasteiger partial charge in [-0.1, -0.05) is 17.7 Å². The molecule has 1 aromatic heterocycles. The second-order valence-corrected chi connectivity index (χ2v) is 6.29. The lowest BCUT2D eigenvalue weighted by Crippen LogP contribution is -2.33. The highest BCUT2D eigenvalue weighted by Gasteiger charge is 2.45. The molecule has 7 nitrogen and oxygen atoms in total. The van der Waals surface area contributed by atoms with Crippen LogP contribution in [-0.2, 0) is 16.6 Å². The van der Waals surface area contributed by atoms with E-state index in [0.29, 0.717) is 13.2 Å². The Morgan fingerprint density at radius 3 is 2.68 bits per heavy atom. The monoisotopic (exact) mass is 343 g/mol. The van der Waals surface area contributed by atoms with Crippen LogP contribution in [0.2, 0.25) is 0 Å². The molecule has 1 saturated heterocycles. The van der Waals surface area contributed by atoms with E-state index in [1.54, 1.807) is 29.0 Å². The van der Waals surface area contributed by atoms with E-state index in [0.717, 1.165) is 16.9 Å². The summed E-state index contributed by atoms with van der Waals surface area (Å²) in [6, 6.07) is 7.14. The Hall–Kier alpha value is -2.83. The van der Waals surface area contributed by atoms with Crippen molar-refractivity contribution in [2.24, 2.45) is 13.0 Å². The molecule has 1 aliphatic heterocycles. The SMILES string of the molecule is Cc1ccc(OCCN2C(=O)C[C@@H](C(=O)O)[C@H]2c2cnn(C)c2)cc1. The predicted octanol–water partition coefficient (Wildman–Crippen LogP) is 1.78. The Labute approximate surface area is 145 Å². The van der Waals surface area contributed by atoms with Crippen LogP contribution in [0, 0.1) is 12.8 Å². The number of likely N-dealkylation sites (tertiary alicyclic amines) is 1. The van der Waals surface area contributed by atoms with Crippen LogP contribution >= 0.6 is 0 Å². The number of benzene rings is 1. The third-order valence-electron chi connectivity index (χ3n) is 4.44. The smallest absolute Gasteiger partial charge is 0.309 e. The van der Waals surface area contributed by atoms with Crippen molar-refractivity contribution >= 4 is 11.9 Å². The summed E-state index contributed by atoms with van der Waals surface area (Å²) < 4.78 is 7.30. The van der Waals surface area contributed by atoms with Crippen molar-refractivity contribution in [3.63, 3.8) is 0 Å². The van der Waals surface area contributed by atoms with Crippen molar-refractivity contribution in [2.75, 3.05) is 13.2 Å². The first-order valence-electron chi connectivity index (χ1n) is 8.16. The molecule has 2 heterocycles. The number of amides is 1. The minimum atomic E-state index is -0.968. The minimum Gasteiger partial charge on any atom is -0.492 e. The maximum Gasteiger partial charge on any atom is 0.309 e. The minimum absolute atomic E-state index is 0.000569. The number of carbonyl (C=O) groups excluding carboxylic acids is 1. The van der Waals surface area contributed by atoms with Crippen LogP contribution in [0.1, 0.15) is 23.6 Å². The first kappa shape index (κ1) is 17.0. The van der Waals surface area contributed by atoms with Gasteiger partial charge in [-0.15, -0.1) is 0 Å². The summed E-state index contributed by atoms with van der Waals surface area (Å²) >= 11 is 0. The number of aryl methyl sites for hydroxylation is 2. The number of carbonyl (C=O) groups is 2. The lowest BCUT2D eigenvalue weighted by Gasteiger charge is -2.26. The van der Waals surface area contributed by atoms with Gasteiger partial charge < -0.3 is 14.7 Å². The van der Waals surface area contributed by atoms with Gasteiger partial charge in [0.15, 0.2) is 0 Å². The third kappa shape index (κ3) is 3.65. The maximum atomic E-state index is 12.3. The summed E-state index contributed by atoms with van der Waals surface area (Å²) in [5.74, 6) is -1.18. The second kappa shape index (κ2) is 6.96. The van der Waals surface area contributed by atoms with Gasteiger partial charge in [-0.05, 0) is 19.1 Å². The number of nitrogens with zero attached hydrogens (tertiary/aromatic N) is 3. The second-order valence-electron chi connectivity index (χ2n) is 6.29. The summed E-state index contributed by atoms with van der Waals surface area (Å²) in [7, 11) is 1.76. The van der Waals surface area contributed by atoms with Gasteiger partial charge in [-0.3, -0.25) is 14.3 Å². The Morgan fingerprint density at radius 1 is 1.36 bits per heavy atom. The molecule has 0 unspecified atom stereocenters. The first-order valence-corrected chi connectivity index (χ1v) is 8.16. The van der Waals surface area contributed by atoms with E-state index >= 15 is 0 Å². The molecule has 25 heavy (non-hydrogen) atoms. The summed E-state index contributed by atoms with van der Waals surface area (Å²) in [6.45, 7) is 2.63. The topological polar surface area (TPSA) is 84.7 Å². The molecule has 0 saturated carbocycles. The zero-order chi connectivity index (χ0) is 18.0. The number of hydrogen-bond acceptors (Lipinski definition) is 4. The predicted molar refractivity (Wildman–Crippen MR) is 90.1 cm³/mol. The fourth-order valence-corrected chi connectivity index (χ4v) is 3.18. The highest BCUT2D eigenvalue weighted by atomic mass is 16.5. The van der Waals surface area contributed by atoms with E-state index in [1.165, 1.54) is 0 Å². The summed E-state index contributed by atoms with van der Waals surface area (Å²) in [5.41, 5.74) is 1.87. The molecule has 1 amide bonds. The van der Waals surface area contributed by atoms with Crippen molar-refractivity contribution in [1.82, 2.24) is 14.7 Å². The number of aromatic nitrogens is 2. The van der Waals surface area contributed by atoms with Crippen LogP contribution < -0.4 is 4.74 Å². The molecule has 3 rings (SSSR count). The Morgan fingerprint density at radius 2 is 2.08 bits per heavy atom. The van der Waals surface area contributed by atoms with Crippen molar-refractivity contribution in [3.05, 3.63) is 47.8 Å². The van der Waals surface area contributed by atoms with Gasteiger partial charge in [0, 0.05) is 25.2 Å². The Bertz CT molecular complexity index is 769. The average molecular weight is 343 g/mol. The average Bonchev–Trinajstić information content (AvgIpc) is 3.13. The third-order valence-corrected chi connectivity index (χ3v) is 4.44. The van der Waals surface area contributed by atoms with Crippen LogP contribution in [-0.4, -0.2) is 44.8 Å². The molecule has 0 spiro atoms.